The summed E-state index contributed by atoms with van der Waals surface area (Å²) in [4.78, 5) is 20.0. The maximum atomic E-state index is 14.3. The zero-order valence-electron chi connectivity index (χ0n) is 14.9. The van der Waals surface area contributed by atoms with Gasteiger partial charge in [-0.2, -0.15) is 0 Å². The summed E-state index contributed by atoms with van der Waals surface area (Å²) in [6, 6.07) is 8.40. The van der Waals surface area contributed by atoms with Gasteiger partial charge in [-0.05, 0) is 36.1 Å². The van der Waals surface area contributed by atoms with Crippen molar-refractivity contribution in [1.82, 2.24) is 9.97 Å². The summed E-state index contributed by atoms with van der Waals surface area (Å²) in [5, 5.41) is 7.86. The van der Waals surface area contributed by atoms with Crippen LogP contribution in [0, 0.1) is 5.82 Å². The monoisotopic (exact) mass is 368 g/mol. The molecule has 2 aromatic heterocycles. The highest BCUT2D eigenvalue weighted by Gasteiger charge is 2.16. The van der Waals surface area contributed by atoms with E-state index in [1.807, 2.05) is 31.2 Å². The largest absolute Gasteiger partial charge is 0.366 e. The molecular formula is C19H21FN6O. The minimum absolute atomic E-state index is 0.0105. The molecule has 0 unspecified atom stereocenters. The van der Waals surface area contributed by atoms with Crippen molar-refractivity contribution in [1.29, 1.82) is 0 Å². The molecule has 0 radical (unpaired) electrons. The van der Waals surface area contributed by atoms with Gasteiger partial charge in [-0.15, -0.1) is 0 Å². The van der Waals surface area contributed by atoms with E-state index in [-0.39, 0.29) is 23.2 Å². The Morgan fingerprint density at radius 3 is 2.78 bits per heavy atom. The van der Waals surface area contributed by atoms with Gasteiger partial charge >= 0.3 is 0 Å². The maximum Gasteiger partial charge on any atom is 0.252 e. The molecule has 140 valence electrons. The van der Waals surface area contributed by atoms with Gasteiger partial charge in [-0.3, -0.25) is 9.78 Å². The number of primary amides is 1. The van der Waals surface area contributed by atoms with Crippen molar-refractivity contribution in [3.8, 4) is 0 Å². The Balaban J connectivity index is 1.94. The second kappa shape index (κ2) is 7.96. The van der Waals surface area contributed by atoms with Gasteiger partial charge in [-0.1, -0.05) is 13.0 Å². The zero-order chi connectivity index (χ0) is 19.4. The van der Waals surface area contributed by atoms with Crippen LogP contribution in [0.15, 0.2) is 42.7 Å². The number of fused-ring (bicyclic) bond motifs is 1. The third kappa shape index (κ3) is 4.29. The number of carbonyl (C=O) groups excluding carboxylic acids is 1. The van der Waals surface area contributed by atoms with Crippen molar-refractivity contribution in [3.05, 3.63) is 54.1 Å². The minimum atomic E-state index is -0.773. The Labute approximate surface area is 156 Å². The van der Waals surface area contributed by atoms with Crippen molar-refractivity contribution < 1.29 is 9.18 Å². The van der Waals surface area contributed by atoms with Gasteiger partial charge in [0.05, 0.1) is 5.56 Å². The van der Waals surface area contributed by atoms with E-state index in [0.717, 1.165) is 23.3 Å². The van der Waals surface area contributed by atoms with Crippen LogP contribution in [-0.2, 0) is 0 Å². The van der Waals surface area contributed by atoms with Gasteiger partial charge in [0.15, 0.2) is 11.6 Å². The van der Waals surface area contributed by atoms with E-state index in [0.29, 0.717) is 12.2 Å². The van der Waals surface area contributed by atoms with Crippen LogP contribution in [0.3, 0.4) is 0 Å². The first-order valence-corrected chi connectivity index (χ1v) is 8.58. The Kier molecular flexibility index (Phi) is 5.46. The number of benzene rings is 1. The molecule has 0 saturated carbocycles. The predicted octanol–water partition coefficient (Wildman–Crippen LogP) is 2.76. The molecule has 3 rings (SSSR count). The van der Waals surface area contributed by atoms with Crippen LogP contribution < -0.4 is 22.1 Å². The summed E-state index contributed by atoms with van der Waals surface area (Å²) >= 11 is 0. The number of carbonyl (C=O) groups is 1. The molecule has 7 nitrogen and oxygen atoms in total. The molecule has 0 fully saturated rings. The minimum Gasteiger partial charge on any atom is -0.366 e. The van der Waals surface area contributed by atoms with Crippen LogP contribution in [0.2, 0.25) is 0 Å². The Morgan fingerprint density at radius 1 is 1.22 bits per heavy atom. The number of rotatable bonds is 7. The summed E-state index contributed by atoms with van der Waals surface area (Å²) < 4.78 is 14.3. The van der Waals surface area contributed by atoms with E-state index in [2.05, 4.69) is 20.6 Å². The third-order valence-electron chi connectivity index (χ3n) is 4.20. The molecule has 1 aromatic carbocycles. The van der Waals surface area contributed by atoms with E-state index in [1.165, 1.54) is 0 Å². The molecule has 0 bridgehead atoms. The predicted molar refractivity (Wildman–Crippen MR) is 104 cm³/mol. The van der Waals surface area contributed by atoms with Crippen molar-refractivity contribution in [3.63, 3.8) is 0 Å². The lowest BCUT2D eigenvalue weighted by molar-refractivity contribution is 0.100. The molecule has 8 heteroatoms. The zero-order valence-corrected chi connectivity index (χ0v) is 14.9. The Hall–Kier alpha value is -3.26. The topological polar surface area (TPSA) is 119 Å². The Bertz CT molecular complexity index is 978. The van der Waals surface area contributed by atoms with Gasteiger partial charge in [-0.25, -0.2) is 9.37 Å². The second-order valence-corrected chi connectivity index (χ2v) is 6.19. The fraction of sp³-hybridized carbons (Fsp3) is 0.211. The van der Waals surface area contributed by atoms with E-state index >= 15 is 0 Å². The number of halogens is 1. The van der Waals surface area contributed by atoms with Crippen molar-refractivity contribution >= 4 is 34.0 Å². The smallest absolute Gasteiger partial charge is 0.252 e. The molecule has 27 heavy (non-hydrogen) atoms. The summed E-state index contributed by atoms with van der Waals surface area (Å²) in [5.74, 6) is -1.26. The van der Waals surface area contributed by atoms with E-state index in [1.54, 1.807) is 12.4 Å². The number of hydrogen-bond donors (Lipinski definition) is 4. The lowest BCUT2D eigenvalue weighted by atomic mass is 10.1. The van der Waals surface area contributed by atoms with Gasteiger partial charge in [0.1, 0.15) is 5.82 Å². The van der Waals surface area contributed by atoms with Gasteiger partial charge < -0.3 is 22.1 Å². The van der Waals surface area contributed by atoms with E-state index in [4.69, 9.17) is 11.5 Å². The molecule has 1 atom stereocenters. The lowest BCUT2D eigenvalue weighted by Gasteiger charge is -2.15. The summed E-state index contributed by atoms with van der Waals surface area (Å²) in [7, 11) is 0. The highest BCUT2D eigenvalue weighted by atomic mass is 19.1. The van der Waals surface area contributed by atoms with Crippen LogP contribution in [0.1, 0.15) is 23.7 Å². The number of nitrogens with one attached hydrogen (secondary N) is 2. The molecule has 6 N–H and O–H groups in total. The normalized spacial score (nSPS) is 12.0. The van der Waals surface area contributed by atoms with Crippen LogP contribution in [0.4, 0.5) is 21.7 Å². The number of nitrogens with zero attached hydrogens (tertiary/aromatic N) is 2. The molecule has 0 saturated heterocycles. The average molecular weight is 368 g/mol. The van der Waals surface area contributed by atoms with E-state index < -0.39 is 11.7 Å². The molecule has 0 aliphatic heterocycles. The molecule has 0 aliphatic carbocycles. The first kappa shape index (κ1) is 18.5. The molecule has 0 aliphatic rings. The molecule has 0 spiro atoms. The number of amides is 1. The fourth-order valence-electron chi connectivity index (χ4n) is 2.57. The van der Waals surface area contributed by atoms with Crippen LogP contribution in [-0.4, -0.2) is 28.5 Å². The first-order valence-electron chi connectivity index (χ1n) is 8.58. The highest BCUT2D eigenvalue weighted by molar-refractivity contribution is 5.99. The van der Waals surface area contributed by atoms with Crippen LogP contribution in [0.5, 0.6) is 0 Å². The number of anilines is 3. The van der Waals surface area contributed by atoms with E-state index in [9.17, 15) is 9.18 Å². The number of nitrogens with two attached hydrogens (primary N) is 2. The second-order valence-electron chi connectivity index (χ2n) is 6.19. The molecule has 2 heterocycles. The fourth-order valence-corrected chi connectivity index (χ4v) is 2.57. The molecular weight excluding hydrogens is 347 g/mol. The maximum absolute atomic E-state index is 14.3. The number of hydrogen-bond acceptors (Lipinski definition) is 6. The van der Waals surface area contributed by atoms with Gasteiger partial charge in [0.2, 0.25) is 0 Å². The summed E-state index contributed by atoms with van der Waals surface area (Å²) in [6.45, 7) is 2.30. The van der Waals surface area contributed by atoms with Crippen LogP contribution in [0.25, 0.3) is 10.8 Å². The molecule has 3 aromatic rings. The molecule has 1 amide bonds. The van der Waals surface area contributed by atoms with Crippen LogP contribution >= 0.6 is 0 Å². The average Bonchev–Trinajstić information content (AvgIpc) is 2.67. The number of pyridine rings is 2. The van der Waals surface area contributed by atoms with Gasteiger partial charge in [0.25, 0.3) is 5.91 Å². The highest BCUT2D eigenvalue weighted by Crippen LogP contribution is 2.25. The first-order chi connectivity index (χ1) is 13.0. The summed E-state index contributed by atoms with van der Waals surface area (Å²) in [6.07, 6.45) is 4.18. The SMILES string of the molecule is CC[C@H](N)CNc1nc(Nc2ccc3cnccc3c2)c(C(N)=O)cc1F. The van der Waals surface area contributed by atoms with Gasteiger partial charge in [0, 0.05) is 36.1 Å². The third-order valence-corrected chi connectivity index (χ3v) is 4.20. The van der Waals surface area contributed by atoms with Crippen molar-refractivity contribution in [2.24, 2.45) is 11.5 Å². The van der Waals surface area contributed by atoms with Crippen molar-refractivity contribution in [2.75, 3.05) is 17.2 Å². The standard InChI is InChI=1S/C19H21FN6O/c1-2-13(21)10-24-19-16(20)8-15(17(22)27)18(26-19)25-14-4-3-12-9-23-6-5-11(12)7-14/h3-9,13H,2,10,21H2,1H3,(H2,22,27)(H2,24,25,26)/t13-/m0/s1. The quantitative estimate of drug-likeness (QED) is 0.509. The summed E-state index contributed by atoms with van der Waals surface area (Å²) in [5.41, 5.74) is 11.9. The Morgan fingerprint density at radius 2 is 2.04 bits per heavy atom. The lowest BCUT2D eigenvalue weighted by Crippen LogP contribution is -2.28. The van der Waals surface area contributed by atoms with Crippen molar-refractivity contribution in [2.45, 2.75) is 19.4 Å². The number of aromatic nitrogens is 2.